The zero-order valence-corrected chi connectivity index (χ0v) is 14.5. The number of aromatic nitrogens is 3. The number of hydrogen-bond donors (Lipinski definition) is 0. The monoisotopic (exact) mass is 367 g/mol. The Kier molecular flexibility index (Phi) is 4.18. The van der Waals surface area contributed by atoms with Gasteiger partial charge in [-0.05, 0) is 36.8 Å². The molecular weight excluding hydrogens is 351 g/mol. The molecule has 0 spiro atoms. The number of hydrogen-bond acceptors (Lipinski definition) is 2. The van der Waals surface area contributed by atoms with E-state index in [4.69, 9.17) is 0 Å². The molecule has 0 aliphatic heterocycles. The summed E-state index contributed by atoms with van der Waals surface area (Å²) >= 11 is 0. The van der Waals surface area contributed by atoms with Crippen LogP contribution in [0, 0.1) is 0 Å². The SMILES string of the molecule is CCc1nc(-c2ccccc2C(F)(F)F)ccc1-c1cn2ccccc2n1. The summed E-state index contributed by atoms with van der Waals surface area (Å²) in [5, 5.41) is 0. The molecule has 0 bridgehead atoms. The average Bonchev–Trinajstić information content (AvgIpc) is 3.11. The number of nitrogens with zero attached hydrogens (tertiary/aromatic N) is 3. The summed E-state index contributed by atoms with van der Waals surface area (Å²) in [5.74, 6) is 0. The van der Waals surface area contributed by atoms with E-state index in [-0.39, 0.29) is 5.56 Å². The van der Waals surface area contributed by atoms with Gasteiger partial charge in [0.15, 0.2) is 0 Å². The van der Waals surface area contributed by atoms with Gasteiger partial charge < -0.3 is 4.40 Å². The van der Waals surface area contributed by atoms with Gasteiger partial charge in [-0.25, -0.2) is 4.98 Å². The first-order valence-corrected chi connectivity index (χ1v) is 8.58. The minimum Gasteiger partial charge on any atom is -0.306 e. The molecule has 0 amide bonds. The molecule has 3 aromatic heterocycles. The molecule has 6 heteroatoms. The van der Waals surface area contributed by atoms with Crippen LogP contribution in [0.25, 0.3) is 28.2 Å². The molecule has 0 aliphatic carbocycles. The van der Waals surface area contributed by atoms with Gasteiger partial charge in [-0.1, -0.05) is 31.2 Å². The van der Waals surface area contributed by atoms with E-state index in [1.807, 2.05) is 41.9 Å². The normalized spacial score (nSPS) is 11.9. The highest BCUT2D eigenvalue weighted by molar-refractivity contribution is 5.70. The Morgan fingerprint density at radius 1 is 0.852 bits per heavy atom. The van der Waals surface area contributed by atoms with Gasteiger partial charge in [-0.2, -0.15) is 13.2 Å². The first-order chi connectivity index (χ1) is 13.0. The van der Waals surface area contributed by atoms with Crippen molar-refractivity contribution in [3.05, 3.63) is 78.2 Å². The summed E-state index contributed by atoms with van der Waals surface area (Å²) in [6, 6.07) is 14.7. The lowest BCUT2D eigenvalue weighted by molar-refractivity contribution is -0.137. The number of benzene rings is 1. The third kappa shape index (κ3) is 3.18. The van der Waals surface area contributed by atoms with E-state index in [0.29, 0.717) is 17.8 Å². The molecular formula is C21H16F3N3. The Hall–Kier alpha value is -3.15. The van der Waals surface area contributed by atoms with Crippen LogP contribution in [0.3, 0.4) is 0 Å². The molecule has 3 nitrogen and oxygen atoms in total. The van der Waals surface area contributed by atoms with Crippen molar-refractivity contribution in [1.29, 1.82) is 0 Å². The molecule has 0 fully saturated rings. The quantitative estimate of drug-likeness (QED) is 0.469. The van der Waals surface area contributed by atoms with E-state index < -0.39 is 11.7 Å². The van der Waals surface area contributed by atoms with E-state index in [2.05, 4.69) is 9.97 Å². The maximum atomic E-state index is 13.3. The predicted molar refractivity (Wildman–Crippen MR) is 98.2 cm³/mol. The van der Waals surface area contributed by atoms with Crippen molar-refractivity contribution >= 4 is 5.65 Å². The molecule has 1 aromatic carbocycles. The summed E-state index contributed by atoms with van der Waals surface area (Å²) in [6.45, 7) is 1.93. The molecule has 0 N–H and O–H groups in total. The Bertz CT molecular complexity index is 1080. The van der Waals surface area contributed by atoms with Crippen LogP contribution in [-0.2, 0) is 12.6 Å². The zero-order chi connectivity index (χ0) is 19.0. The van der Waals surface area contributed by atoms with Crippen LogP contribution in [0.5, 0.6) is 0 Å². The van der Waals surface area contributed by atoms with Crippen molar-refractivity contribution in [1.82, 2.24) is 14.4 Å². The highest BCUT2D eigenvalue weighted by atomic mass is 19.4. The zero-order valence-electron chi connectivity index (χ0n) is 14.5. The molecule has 0 unspecified atom stereocenters. The Morgan fingerprint density at radius 2 is 1.63 bits per heavy atom. The van der Waals surface area contributed by atoms with E-state index in [0.717, 1.165) is 23.0 Å². The summed E-state index contributed by atoms with van der Waals surface area (Å²) < 4.78 is 41.9. The van der Waals surface area contributed by atoms with Crippen molar-refractivity contribution in [2.24, 2.45) is 0 Å². The fourth-order valence-electron chi connectivity index (χ4n) is 3.17. The maximum absolute atomic E-state index is 13.3. The second-order valence-corrected chi connectivity index (χ2v) is 6.18. The largest absolute Gasteiger partial charge is 0.417 e. The van der Waals surface area contributed by atoms with E-state index in [1.54, 1.807) is 18.2 Å². The molecule has 136 valence electrons. The van der Waals surface area contributed by atoms with Crippen molar-refractivity contribution in [2.45, 2.75) is 19.5 Å². The van der Waals surface area contributed by atoms with E-state index in [1.165, 1.54) is 12.1 Å². The minimum atomic E-state index is -4.43. The third-order valence-corrected chi connectivity index (χ3v) is 4.46. The lowest BCUT2D eigenvalue weighted by Gasteiger charge is -2.14. The summed E-state index contributed by atoms with van der Waals surface area (Å²) in [4.78, 5) is 9.13. The second-order valence-electron chi connectivity index (χ2n) is 6.18. The number of rotatable bonds is 3. The second kappa shape index (κ2) is 6.54. The van der Waals surface area contributed by atoms with Gasteiger partial charge in [-0.15, -0.1) is 0 Å². The number of fused-ring (bicyclic) bond motifs is 1. The highest BCUT2D eigenvalue weighted by Crippen LogP contribution is 2.37. The Labute approximate surface area is 154 Å². The van der Waals surface area contributed by atoms with Crippen LogP contribution >= 0.6 is 0 Å². The molecule has 0 saturated heterocycles. The number of pyridine rings is 2. The van der Waals surface area contributed by atoms with Gasteiger partial charge in [0.05, 0.1) is 22.6 Å². The van der Waals surface area contributed by atoms with Crippen molar-refractivity contribution in [2.75, 3.05) is 0 Å². The van der Waals surface area contributed by atoms with Crippen molar-refractivity contribution < 1.29 is 13.2 Å². The number of imidazole rings is 1. The van der Waals surface area contributed by atoms with E-state index in [9.17, 15) is 13.2 Å². The van der Waals surface area contributed by atoms with Gasteiger partial charge in [-0.3, -0.25) is 4.98 Å². The van der Waals surface area contributed by atoms with Crippen molar-refractivity contribution in [3.63, 3.8) is 0 Å². The van der Waals surface area contributed by atoms with Crippen LogP contribution in [0.2, 0.25) is 0 Å². The molecule has 27 heavy (non-hydrogen) atoms. The molecule has 0 atom stereocenters. The van der Waals surface area contributed by atoms with Crippen LogP contribution in [0.1, 0.15) is 18.2 Å². The topological polar surface area (TPSA) is 30.2 Å². The van der Waals surface area contributed by atoms with Crippen LogP contribution < -0.4 is 0 Å². The third-order valence-electron chi connectivity index (χ3n) is 4.46. The lowest BCUT2D eigenvalue weighted by atomic mass is 10.0. The Balaban J connectivity index is 1.83. The van der Waals surface area contributed by atoms with Crippen LogP contribution in [0.4, 0.5) is 13.2 Å². The van der Waals surface area contributed by atoms with Gasteiger partial charge in [0.25, 0.3) is 0 Å². The lowest BCUT2D eigenvalue weighted by Crippen LogP contribution is -2.07. The fourth-order valence-corrected chi connectivity index (χ4v) is 3.17. The first-order valence-electron chi connectivity index (χ1n) is 8.58. The maximum Gasteiger partial charge on any atom is 0.417 e. The van der Waals surface area contributed by atoms with Gasteiger partial charge in [0.2, 0.25) is 0 Å². The highest BCUT2D eigenvalue weighted by Gasteiger charge is 2.33. The standard InChI is InChI=1S/C21H16F3N3/c1-2-17-15(19-13-27-12-6-5-9-20(27)26-19)10-11-18(25-17)14-7-3-4-8-16(14)21(22,23)24/h3-13H,2H2,1H3. The molecule has 0 radical (unpaired) electrons. The molecule has 0 aliphatic rings. The molecule has 4 aromatic rings. The number of alkyl halides is 3. The fraction of sp³-hybridized carbons (Fsp3) is 0.143. The summed E-state index contributed by atoms with van der Waals surface area (Å²) in [5.41, 5.74) is 2.82. The number of halogens is 3. The van der Waals surface area contributed by atoms with Gasteiger partial charge in [0.1, 0.15) is 5.65 Å². The molecule has 3 heterocycles. The molecule has 0 saturated carbocycles. The van der Waals surface area contributed by atoms with Crippen LogP contribution in [0.15, 0.2) is 67.0 Å². The van der Waals surface area contributed by atoms with Crippen molar-refractivity contribution in [3.8, 4) is 22.5 Å². The smallest absolute Gasteiger partial charge is 0.306 e. The van der Waals surface area contributed by atoms with Gasteiger partial charge in [0, 0.05) is 23.5 Å². The summed E-state index contributed by atoms with van der Waals surface area (Å²) in [6.07, 6.45) is -0.0379. The van der Waals surface area contributed by atoms with Crippen LogP contribution in [-0.4, -0.2) is 14.4 Å². The Morgan fingerprint density at radius 3 is 2.37 bits per heavy atom. The average molecular weight is 367 g/mol. The predicted octanol–water partition coefficient (Wildman–Crippen LogP) is 5.64. The first kappa shape index (κ1) is 17.3. The van der Waals surface area contributed by atoms with Gasteiger partial charge >= 0.3 is 6.18 Å². The molecule has 4 rings (SSSR count). The minimum absolute atomic E-state index is 0.0845. The number of aryl methyl sites for hydroxylation is 1. The van der Waals surface area contributed by atoms with E-state index >= 15 is 0 Å². The summed E-state index contributed by atoms with van der Waals surface area (Å²) in [7, 11) is 0.